The first-order valence-electron chi connectivity index (χ1n) is 8.12. The van der Waals surface area contributed by atoms with Gasteiger partial charge in [-0.3, -0.25) is 4.79 Å². The zero-order valence-electron chi connectivity index (χ0n) is 14.6. The lowest BCUT2D eigenvalue weighted by atomic mass is 10.2. The third-order valence-corrected chi connectivity index (χ3v) is 3.27. The maximum absolute atomic E-state index is 12.6. The van der Waals surface area contributed by atoms with Gasteiger partial charge in [0, 0.05) is 7.05 Å². The highest BCUT2D eigenvalue weighted by Gasteiger charge is 2.13. The highest BCUT2D eigenvalue weighted by atomic mass is 16.1. The van der Waals surface area contributed by atoms with Gasteiger partial charge in [0.05, 0.1) is 17.2 Å². The van der Waals surface area contributed by atoms with E-state index in [4.69, 9.17) is 0 Å². The molecule has 0 radical (unpaired) electrons. The third-order valence-electron chi connectivity index (χ3n) is 3.27. The molecule has 1 aromatic carbocycles. The van der Waals surface area contributed by atoms with Crippen LogP contribution in [0.5, 0.6) is 0 Å². The number of H-pyrrole nitrogens is 1. The number of anilines is 1. The van der Waals surface area contributed by atoms with Gasteiger partial charge in [-0.25, -0.2) is 14.4 Å². The molecule has 0 saturated carbocycles. The second-order valence-corrected chi connectivity index (χ2v) is 4.38. The SMILES string of the molecule is CC.CC.CNc1nc2nc3ccccc3c(=O)n2c2nc[nH]c12. The molecule has 0 saturated heterocycles. The van der Waals surface area contributed by atoms with Crippen LogP contribution in [0.3, 0.4) is 0 Å². The zero-order valence-corrected chi connectivity index (χ0v) is 14.6. The molecule has 3 aromatic heterocycles. The number of aromatic nitrogens is 5. The number of fused-ring (bicyclic) bond motifs is 4. The van der Waals surface area contributed by atoms with Gasteiger partial charge in [-0.05, 0) is 12.1 Å². The molecule has 0 amide bonds. The zero-order chi connectivity index (χ0) is 17.7. The minimum Gasteiger partial charge on any atom is -0.371 e. The number of aromatic amines is 1. The van der Waals surface area contributed by atoms with Gasteiger partial charge in [0.15, 0.2) is 11.5 Å². The number of hydrogen-bond donors (Lipinski definition) is 2. The largest absolute Gasteiger partial charge is 0.371 e. The van der Waals surface area contributed by atoms with Crippen LogP contribution in [-0.4, -0.2) is 31.4 Å². The Morgan fingerprint density at radius 3 is 2.50 bits per heavy atom. The maximum Gasteiger partial charge on any atom is 0.268 e. The van der Waals surface area contributed by atoms with E-state index < -0.39 is 0 Å². The van der Waals surface area contributed by atoms with E-state index in [2.05, 4.69) is 25.3 Å². The number of rotatable bonds is 1. The van der Waals surface area contributed by atoms with Gasteiger partial charge in [0.25, 0.3) is 5.56 Å². The topological polar surface area (TPSA) is 88.0 Å². The van der Waals surface area contributed by atoms with Crippen LogP contribution in [0, 0.1) is 0 Å². The Hall–Kier alpha value is -2.96. The van der Waals surface area contributed by atoms with Gasteiger partial charge in [-0.15, -0.1) is 0 Å². The molecule has 7 nitrogen and oxygen atoms in total. The Balaban J connectivity index is 0.000000487. The molecule has 4 rings (SSSR count). The van der Waals surface area contributed by atoms with E-state index in [0.717, 1.165) is 0 Å². The number of nitrogens with zero attached hydrogens (tertiary/aromatic N) is 4. The first-order chi connectivity index (χ1) is 11.8. The summed E-state index contributed by atoms with van der Waals surface area (Å²) >= 11 is 0. The van der Waals surface area contributed by atoms with Crippen molar-refractivity contribution in [3.05, 3.63) is 40.9 Å². The summed E-state index contributed by atoms with van der Waals surface area (Å²) in [6, 6.07) is 7.21. The van der Waals surface area contributed by atoms with Crippen molar-refractivity contribution < 1.29 is 0 Å². The van der Waals surface area contributed by atoms with E-state index >= 15 is 0 Å². The Kier molecular flexibility index (Phi) is 5.47. The van der Waals surface area contributed by atoms with Crippen molar-refractivity contribution in [3.63, 3.8) is 0 Å². The monoisotopic (exact) mass is 326 g/mol. The van der Waals surface area contributed by atoms with Crippen LogP contribution in [-0.2, 0) is 0 Å². The van der Waals surface area contributed by atoms with Crippen LogP contribution in [0.25, 0.3) is 27.8 Å². The average molecular weight is 326 g/mol. The highest BCUT2D eigenvalue weighted by Crippen LogP contribution is 2.18. The fraction of sp³-hybridized carbons (Fsp3) is 0.294. The molecule has 126 valence electrons. The predicted molar refractivity (Wildman–Crippen MR) is 98.7 cm³/mol. The lowest BCUT2D eigenvalue weighted by Crippen LogP contribution is -2.18. The summed E-state index contributed by atoms with van der Waals surface area (Å²) in [6.45, 7) is 8.00. The molecular formula is C17H22N6O. The van der Waals surface area contributed by atoms with Crippen LogP contribution < -0.4 is 10.9 Å². The number of imidazole rings is 1. The van der Waals surface area contributed by atoms with Crippen LogP contribution in [0.2, 0.25) is 0 Å². The average Bonchev–Trinajstić information content (AvgIpc) is 3.14. The molecule has 0 aliphatic carbocycles. The fourth-order valence-corrected chi connectivity index (χ4v) is 2.35. The summed E-state index contributed by atoms with van der Waals surface area (Å²) in [5, 5.41) is 3.53. The van der Waals surface area contributed by atoms with Crippen molar-refractivity contribution in [2.75, 3.05) is 12.4 Å². The van der Waals surface area contributed by atoms with Gasteiger partial charge in [-0.1, -0.05) is 39.8 Å². The molecule has 0 bridgehead atoms. The van der Waals surface area contributed by atoms with E-state index in [-0.39, 0.29) is 5.56 Å². The maximum atomic E-state index is 12.6. The minimum absolute atomic E-state index is 0.169. The summed E-state index contributed by atoms with van der Waals surface area (Å²) in [7, 11) is 1.76. The highest BCUT2D eigenvalue weighted by molar-refractivity contribution is 5.87. The Morgan fingerprint density at radius 2 is 1.79 bits per heavy atom. The van der Waals surface area contributed by atoms with E-state index in [1.807, 2.05) is 39.8 Å². The van der Waals surface area contributed by atoms with Crippen molar-refractivity contribution in [3.8, 4) is 0 Å². The summed E-state index contributed by atoms with van der Waals surface area (Å²) < 4.78 is 1.43. The van der Waals surface area contributed by atoms with Crippen molar-refractivity contribution >= 4 is 33.7 Å². The summed E-state index contributed by atoms with van der Waals surface area (Å²) in [6.07, 6.45) is 1.54. The molecular weight excluding hydrogens is 304 g/mol. The number of nitrogens with one attached hydrogen (secondary N) is 2. The van der Waals surface area contributed by atoms with Crippen molar-refractivity contribution in [2.24, 2.45) is 0 Å². The molecule has 0 spiro atoms. The lowest BCUT2D eigenvalue weighted by Gasteiger charge is -2.06. The van der Waals surface area contributed by atoms with Gasteiger partial charge in [0.1, 0.15) is 5.52 Å². The van der Waals surface area contributed by atoms with Gasteiger partial charge in [0.2, 0.25) is 5.78 Å². The predicted octanol–water partition coefficient (Wildman–Crippen LogP) is 3.21. The quantitative estimate of drug-likeness (QED) is 0.524. The van der Waals surface area contributed by atoms with E-state index in [1.165, 1.54) is 10.7 Å². The van der Waals surface area contributed by atoms with Gasteiger partial charge in [-0.2, -0.15) is 4.98 Å². The van der Waals surface area contributed by atoms with Gasteiger partial charge < -0.3 is 10.3 Å². The third kappa shape index (κ3) is 2.68. The first kappa shape index (κ1) is 17.4. The minimum atomic E-state index is -0.169. The second kappa shape index (κ2) is 7.54. The number of hydrogen-bond acceptors (Lipinski definition) is 5. The second-order valence-electron chi connectivity index (χ2n) is 4.38. The lowest BCUT2D eigenvalue weighted by molar-refractivity contribution is 1.05. The molecule has 0 aliphatic rings. The first-order valence-corrected chi connectivity index (χ1v) is 8.12. The Labute approximate surface area is 139 Å². The molecule has 0 fully saturated rings. The molecule has 4 aromatic rings. The van der Waals surface area contributed by atoms with E-state index in [0.29, 0.717) is 33.7 Å². The molecule has 0 aliphatic heterocycles. The van der Waals surface area contributed by atoms with Crippen LogP contribution in [0.1, 0.15) is 27.7 Å². The molecule has 0 unspecified atom stereocenters. The molecule has 24 heavy (non-hydrogen) atoms. The van der Waals surface area contributed by atoms with Crippen LogP contribution >= 0.6 is 0 Å². The molecule has 7 heteroatoms. The van der Waals surface area contributed by atoms with Crippen LogP contribution in [0.15, 0.2) is 35.4 Å². The molecule has 0 atom stereocenters. The standard InChI is InChI=1S/C13H10N6O.2C2H6/c1-14-10-9-11(16-6-15-9)19-12(20)7-4-2-3-5-8(7)17-13(19)18-10;2*1-2/h2-6H,1H3,(H,15,16)(H,14,17,18);2*1-2H3. The van der Waals surface area contributed by atoms with Crippen LogP contribution in [0.4, 0.5) is 5.82 Å². The number of para-hydroxylation sites is 1. The Morgan fingerprint density at radius 1 is 1.08 bits per heavy atom. The van der Waals surface area contributed by atoms with Gasteiger partial charge >= 0.3 is 0 Å². The normalized spacial score (nSPS) is 10.0. The smallest absolute Gasteiger partial charge is 0.268 e. The summed E-state index contributed by atoms with van der Waals surface area (Å²) in [4.78, 5) is 28.6. The summed E-state index contributed by atoms with van der Waals surface area (Å²) in [5.74, 6) is 0.942. The number of benzene rings is 1. The van der Waals surface area contributed by atoms with E-state index in [9.17, 15) is 4.79 Å². The van der Waals surface area contributed by atoms with Crippen molar-refractivity contribution in [1.29, 1.82) is 0 Å². The fourth-order valence-electron chi connectivity index (χ4n) is 2.35. The summed E-state index contributed by atoms with van der Waals surface area (Å²) in [5.41, 5.74) is 1.65. The molecule has 2 N–H and O–H groups in total. The van der Waals surface area contributed by atoms with Crippen molar-refractivity contribution in [1.82, 2.24) is 24.3 Å². The Bertz CT molecular complexity index is 1020. The molecule has 3 heterocycles. The van der Waals surface area contributed by atoms with Crippen molar-refractivity contribution in [2.45, 2.75) is 27.7 Å². The van der Waals surface area contributed by atoms with E-state index in [1.54, 1.807) is 19.2 Å².